The Hall–Kier alpha value is -1.06. The van der Waals surface area contributed by atoms with E-state index >= 15 is 0 Å². The third kappa shape index (κ3) is 3.97. The molecule has 112 valence electrons. The molecule has 3 heteroatoms. The van der Waals surface area contributed by atoms with Crippen LogP contribution in [0.25, 0.3) is 0 Å². The molecule has 0 radical (unpaired) electrons. The topological polar surface area (TPSA) is 30.5 Å². The van der Waals surface area contributed by atoms with Gasteiger partial charge in [0.15, 0.2) is 0 Å². The summed E-state index contributed by atoms with van der Waals surface area (Å²) in [6, 6.07) is 4.31. The van der Waals surface area contributed by atoms with Crippen LogP contribution in [0, 0.1) is 20.8 Å². The van der Waals surface area contributed by atoms with Gasteiger partial charge in [0.25, 0.3) is 0 Å². The highest BCUT2D eigenvalue weighted by Gasteiger charge is 2.25. The van der Waals surface area contributed by atoms with Crippen LogP contribution in [-0.4, -0.2) is 31.9 Å². The Labute approximate surface area is 122 Å². The largest absolute Gasteiger partial charge is 0.491 e. The molecule has 1 aromatic rings. The highest BCUT2D eigenvalue weighted by Crippen LogP contribution is 2.25. The minimum Gasteiger partial charge on any atom is -0.491 e. The fourth-order valence-corrected chi connectivity index (χ4v) is 2.69. The lowest BCUT2D eigenvalue weighted by molar-refractivity contribution is 0.0186. The molecule has 1 fully saturated rings. The average Bonchev–Trinajstić information content (AvgIpc) is 2.86. The zero-order chi connectivity index (χ0) is 14.5. The normalized spacial score (nSPS) is 22.2. The van der Waals surface area contributed by atoms with Crippen LogP contribution < -0.4 is 10.1 Å². The molecule has 2 rings (SSSR count). The van der Waals surface area contributed by atoms with Gasteiger partial charge in [0, 0.05) is 6.54 Å². The van der Waals surface area contributed by atoms with E-state index in [1.807, 2.05) is 0 Å². The van der Waals surface area contributed by atoms with Gasteiger partial charge in [-0.2, -0.15) is 0 Å². The summed E-state index contributed by atoms with van der Waals surface area (Å²) in [4.78, 5) is 0. The van der Waals surface area contributed by atoms with Crippen LogP contribution in [0.2, 0.25) is 0 Å². The molecule has 1 saturated heterocycles. The fraction of sp³-hybridized carbons (Fsp3) is 0.647. The van der Waals surface area contributed by atoms with E-state index in [-0.39, 0.29) is 6.10 Å². The molecule has 1 aromatic carbocycles. The van der Waals surface area contributed by atoms with E-state index in [1.165, 1.54) is 16.7 Å². The number of rotatable bonds is 6. The van der Waals surface area contributed by atoms with E-state index in [2.05, 4.69) is 45.1 Å². The molecule has 20 heavy (non-hydrogen) atoms. The molecule has 2 atom stereocenters. The van der Waals surface area contributed by atoms with Gasteiger partial charge in [-0.25, -0.2) is 0 Å². The minimum absolute atomic E-state index is 0.235. The SMILES string of the molecule is CCNCC1CCC(COc2cc(C)cc(C)c2C)O1. The van der Waals surface area contributed by atoms with Crippen molar-refractivity contribution in [3.8, 4) is 5.75 Å². The summed E-state index contributed by atoms with van der Waals surface area (Å²) < 4.78 is 12.0. The first kappa shape index (κ1) is 15.3. The molecule has 1 N–H and O–H groups in total. The van der Waals surface area contributed by atoms with Crippen molar-refractivity contribution in [1.82, 2.24) is 5.32 Å². The molecule has 3 nitrogen and oxygen atoms in total. The lowest BCUT2D eigenvalue weighted by Crippen LogP contribution is -2.28. The Balaban J connectivity index is 1.84. The summed E-state index contributed by atoms with van der Waals surface area (Å²) in [6.45, 7) is 11.1. The van der Waals surface area contributed by atoms with Gasteiger partial charge in [0.1, 0.15) is 12.4 Å². The highest BCUT2D eigenvalue weighted by molar-refractivity contribution is 5.41. The molecular weight excluding hydrogens is 250 g/mol. The first-order valence-corrected chi connectivity index (χ1v) is 7.67. The number of hydrogen-bond donors (Lipinski definition) is 1. The van der Waals surface area contributed by atoms with E-state index in [0.29, 0.717) is 12.7 Å². The van der Waals surface area contributed by atoms with Crippen molar-refractivity contribution < 1.29 is 9.47 Å². The predicted octanol–water partition coefficient (Wildman–Crippen LogP) is 3.15. The van der Waals surface area contributed by atoms with Crippen LogP contribution in [0.3, 0.4) is 0 Å². The van der Waals surface area contributed by atoms with Crippen molar-refractivity contribution in [3.05, 3.63) is 28.8 Å². The van der Waals surface area contributed by atoms with Gasteiger partial charge < -0.3 is 14.8 Å². The summed E-state index contributed by atoms with van der Waals surface area (Å²) in [5.74, 6) is 1.00. The maximum atomic E-state index is 6.00. The van der Waals surface area contributed by atoms with Crippen LogP contribution in [0.5, 0.6) is 5.75 Å². The first-order chi connectivity index (χ1) is 9.60. The number of ether oxygens (including phenoxy) is 2. The van der Waals surface area contributed by atoms with Crippen LogP contribution in [-0.2, 0) is 4.74 Å². The lowest BCUT2D eigenvalue weighted by atomic mass is 10.1. The molecule has 0 aromatic heterocycles. The van der Waals surface area contributed by atoms with Crippen molar-refractivity contribution >= 4 is 0 Å². The van der Waals surface area contributed by atoms with Crippen molar-refractivity contribution in [2.75, 3.05) is 19.7 Å². The maximum absolute atomic E-state index is 6.00. The number of benzene rings is 1. The second kappa shape index (κ2) is 7.09. The summed E-state index contributed by atoms with van der Waals surface area (Å²) >= 11 is 0. The minimum atomic E-state index is 0.235. The highest BCUT2D eigenvalue weighted by atomic mass is 16.5. The summed E-state index contributed by atoms with van der Waals surface area (Å²) in [6.07, 6.45) is 2.81. The van der Waals surface area contributed by atoms with E-state index in [4.69, 9.17) is 9.47 Å². The Bertz CT molecular complexity index is 445. The zero-order valence-electron chi connectivity index (χ0n) is 13.2. The fourth-order valence-electron chi connectivity index (χ4n) is 2.69. The van der Waals surface area contributed by atoms with Crippen LogP contribution in [0.1, 0.15) is 36.5 Å². The van der Waals surface area contributed by atoms with Gasteiger partial charge in [-0.1, -0.05) is 13.0 Å². The second-order valence-electron chi connectivity index (χ2n) is 5.78. The molecule has 0 spiro atoms. The molecular formula is C17H27NO2. The van der Waals surface area contributed by atoms with Crippen molar-refractivity contribution in [2.45, 2.75) is 52.7 Å². The summed E-state index contributed by atoms with van der Waals surface area (Å²) in [5.41, 5.74) is 3.77. The van der Waals surface area contributed by atoms with Crippen molar-refractivity contribution in [3.63, 3.8) is 0 Å². The number of aryl methyl sites for hydroxylation is 2. The molecule has 0 amide bonds. The summed E-state index contributed by atoms with van der Waals surface area (Å²) in [7, 11) is 0. The van der Waals surface area contributed by atoms with Gasteiger partial charge in [0.2, 0.25) is 0 Å². The quantitative estimate of drug-likeness (QED) is 0.866. The number of nitrogens with one attached hydrogen (secondary N) is 1. The van der Waals surface area contributed by atoms with Crippen molar-refractivity contribution in [1.29, 1.82) is 0 Å². The average molecular weight is 277 g/mol. The Kier molecular flexibility index (Phi) is 5.44. The van der Waals surface area contributed by atoms with E-state index < -0.39 is 0 Å². The molecule has 0 aliphatic carbocycles. The predicted molar refractivity (Wildman–Crippen MR) is 82.6 cm³/mol. The smallest absolute Gasteiger partial charge is 0.122 e. The molecule has 1 aliphatic rings. The monoisotopic (exact) mass is 277 g/mol. The van der Waals surface area contributed by atoms with Gasteiger partial charge in [-0.05, 0) is 62.9 Å². The third-order valence-electron chi connectivity index (χ3n) is 4.01. The Morgan fingerprint density at radius 1 is 1.20 bits per heavy atom. The van der Waals surface area contributed by atoms with Crippen LogP contribution >= 0.6 is 0 Å². The van der Waals surface area contributed by atoms with Gasteiger partial charge in [-0.15, -0.1) is 0 Å². The van der Waals surface area contributed by atoms with Crippen molar-refractivity contribution in [2.24, 2.45) is 0 Å². The van der Waals surface area contributed by atoms with Gasteiger partial charge in [-0.3, -0.25) is 0 Å². The van der Waals surface area contributed by atoms with E-state index in [9.17, 15) is 0 Å². The van der Waals surface area contributed by atoms with Gasteiger partial charge in [0.05, 0.1) is 12.2 Å². The molecule has 1 heterocycles. The van der Waals surface area contributed by atoms with Gasteiger partial charge >= 0.3 is 0 Å². The Morgan fingerprint density at radius 3 is 2.70 bits per heavy atom. The standard InChI is InChI=1S/C17H27NO2/c1-5-18-10-15-6-7-16(20-15)11-19-17-9-12(2)8-13(3)14(17)4/h8-9,15-16,18H,5-7,10-11H2,1-4H3. The van der Waals surface area contributed by atoms with E-state index in [1.54, 1.807) is 0 Å². The van der Waals surface area contributed by atoms with Crippen LogP contribution in [0.4, 0.5) is 0 Å². The van der Waals surface area contributed by atoms with Crippen LogP contribution in [0.15, 0.2) is 12.1 Å². The molecule has 2 unspecified atom stereocenters. The lowest BCUT2D eigenvalue weighted by Gasteiger charge is -2.17. The number of likely N-dealkylation sites (N-methyl/N-ethyl adjacent to an activating group) is 1. The van der Waals surface area contributed by atoms with E-state index in [0.717, 1.165) is 31.7 Å². The molecule has 0 bridgehead atoms. The molecule has 0 saturated carbocycles. The second-order valence-corrected chi connectivity index (χ2v) is 5.78. The number of hydrogen-bond acceptors (Lipinski definition) is 3. The third-order valence-corrected chi connectivity index (χ3v) is 4.01. The Morgan fingerprint density at radius 2 is 1.95 bits per heavy atom. The summed E-state index contributed by atoms with van der Waals surface area (Å²) in [5, 5.41) is 3.34. The first-order valence-electron chi connectivity index (χ1n) is 7.67. The maximum Gasteiger partial charge on any atom is 0.122 e. The zero-order valence-corrected chi connectivity index (χ0v) is 13.2. The molecule has 1 aliphatic heterocycles.